The van der Waals surface area contributed by atoms with Crippen molar-refractivity contribution in [2.24, 2.45) is 0 Å². The van der Waals surface area contributed by atoms with Crippen LogP contribution in [0.4, 0.5) is 0 Å². The van der Waals surface area contributed by atoms with E-state index in [-0.39, 0.29) is 5.91 Å². The third kappa shape index (κ3) is 4.42. The quantitative estimate of drug-likeness (QED) is 0.288. The van der Waals surface area contributed by atoms with Gasteiger partial charge in [-0.15, -0.1) is 6.58 Å². The van der Waals surface area contributed by atoms with E-state index in [9.17, 15) is 4.79 Å². The molecule has 0 aliphatic carbocycles. The van der Waals surface area contributed by atoms with Crippen molar-refractivity contribution in [1.29, 1.82) is 0 Å². The Morgan fingerprint density at radius 3 is 2.55 bits per heavy atom. The molecule has 29 heavy (non-hydrogen) atoms. The van der Waals surface area contributed by atoms with E-state index in [1.807, 2.05) is 42.5 Å². The van der Waals surface area contributed by atoms with E-state index >= 15 is 0 Å². The Hall–Kier alpha value is -2.89. The number of rotatable bonds is 6. The van der Waals surface area contributed by atoms with E-state index in [0.29, 0.717) is 22.4 Å². The molecule has 3 aromatic rings. The lowest BCUT2D eigenvalue weighted by atomic mass is 10.1. The SMILES string of the molecule is C=CCN1C(=O)/C(=C\c2ccc(OCc3ccc4ccccc4c3)cc2)SC1=S. The molecule has 0 spiro atoms. The molecule has 1 aliphatic heterocycles. The second kappa shape index (κ2) is 8.64. The molecule has 144 valence electrons. The first-order chi connectivity index (χ1) is 14.1. The molecule has 3 nitrogen and oxygen atoms in total. The van der Waals surface area contributed by atoms with Gasteiger partial charge in [0.1, 0.15) is 16.7 Å². The lowest BCUT2D eigenvalue weighted by Gasteiger charge is -2.10. The number of ether oxygens (including phenoxy) is 1. The predicted molar refractivity (Wildman–Crippen MR) is 125 cm³/mol. The Labute approximate surface area is 179 Å². The van der Waals surface area contributed by atoms with Crippen LogP contribution >= 0.6 is 24.0 Å². The first-order valence-corrected chi connectivity index (χ1v) is 10.4. The van der Waals surface area contributed by atoms with Gasteiger partial charge >= 0.3 is 0 Å². The summed E-state index contributed by atoms with van der Waals surface area (Å²) in [5.41, 5.74) is 2.06. The monoisotopic (exact) mass is 417 g/mol. The summed E-state index contributed by atoms with van der Waals surface area (Å²) in [6, 6.07) is 22.3. The number of amides is 1. The van der Waals surface area contributed by atoms with Crippen molar-refractivity contribution in [3.8, 4) is 5.75 Å². The van der Waals surface area contributed by atoms with E-state index in [0.717, 1.165) is 16.9 Å². The second-order valence-corrected chi connectivity index (χ2v) is 8.30. The highest BCUT2D eigenvalue weighted by Crippen LogP contribution is 2.32. The number of thioether (sulfide) groups is 1. The molecule has 5 heteroatoms. The molecule has 4 rings (SSSR count). The van der Waals surface area contributed by atoms with Crippen molar-refractivity contribution < 1.29 is 9.53 Å². The first kappa shape index (κ1) is 19.4. The zero-order chi connectivity index (χ0) is 20.2. The summed E-state index contributed by atoms with van der Waals surface area (Å²) < 4.78 is 6.49. The number of nitrogens with zero attached hydrogens (tertiary/aromatic N) is 1. The highest BCUT2D eigenvalue weighted by molar-refractivity contribution is 8.26. The fourth-order valence-corrected chi connectivity index (χ4v) is 4.37. The van der Waals surface area contributed by atoms with Crippen LogP contribution in [0.2, 0.25) is 0 Å². The molecule has 0 unspecified atom stereocenters. The van der Waals surface area contributed by atoms with Crippen molar-refractivity contribution in [2.75, 3.05) is 6.54 Å². The number of benzene rings is 3. The number of hydrogen-bond donors (Lipinski definition) is 0. The maximum Gasteiger partial charge on any atom is 0.266 e. The fraction of sp³-hybridized carbons (Fsp3) is 0.0833. The van der Waals surface area contributed by atoms with E-state index in [4.69, 9.17) is 17.0 Å². The number of hydrogen-bond acceptors (Lipinski definition) is 4. The Morgan fingerprint density at radius 2 is 1.79 bits per heavy atom. The highest BCUT2D eigenvalue weighted by Gasteiger charge is 2.30. The normalized spacial score (nSPS) is 15.3. The van der Waals surface area contributed by atoms with E-state index < -0.39 is 0 Å². The van der Waals surface area contributed by atoms with E-state index in [2.05, 4.69) is 36.9 Å². The summed E-state index contributed by atoms with van der Waals surface area (Å²) in [7, 11) is 0. The molecule has 1 saturated heterocycles. The Kier molecular flexibility index (Phi) is 5.79. The van der Waals surface area contributed by atoms with Crippen LogP contribution in [0, 0.1) is 0 Å². The van der Waals surface area contributed by atoms with Crippen LogP contribution in [-0.4, -0.2) is 21.7 Å². The predicted octanol–water partition coefficient (Wildman–Crippen LogP) is 5.81. The van der Waals surface area contributed by atoms with Crippen molar-refractivity contribution in [2.45, 2.75) is 6.61 Å². The number of thiocarbonyl (C=S) groups is 1. The van der Waals surface area contributed by atoms with Gasteiger partial charge in [0.15, 0.2) is 0 Å². The van der Waals surface area contributed by atoms with Gasteiger partial charge in [-0.25, -0.2) is 0 Å². The molecular formula is C24H19NO2S2. The van der Waals surface area contributed by atoms with Gasteiger partial charge in [-0.1, -0.05) is 78.6 Å². The minimum atomic E-state index is -0.0727. The van der Waals surface area contributed by atoms with Crippen molar-refractivity contribution in [3.05, 3.63) is 95.4 Å². The summed E-state index contributed by atoms with van der Waals surface area (Å²) in [4.78, 5) is 14.6. The minimum absolute atomic E-state index is 0.0727. The number of carbonyl (C=O) groups is 1. The summed E-state index contributed by atoms with van der Waals surface area (Å²) in [6.45, 7) is 4.61. The molecule has 1 amide bonds. The van der Waals surface area contributed by atoms with Crippen LogP contribution in [0.1, 0.15) is 11.1 Å². The lowest BCUT2D eigenvalue weighted by Crippen LogP contribution is -2.27. The van der Waals surface area contributed by atoms with Gasteiger partial charge in [0.05, 0.1) is 4.91 Å². The summed E-state index contributed by atoms with van der Waals surface area (Å²) in [5.74, 6) is 0.714. The molecule has 1 heterocycles. The van der Waals surface area contributed by atoms with Crippen molar-refractivity contribution >= 4 is 51.1 Å². The van der Waals surface area contributed by atoms with Crippen LogP contribution in [0.3, 0.4) is 0 Å². The van der Waals surface area contributed by atoms with Gasteiger partial charge < -0.3 is 4.74 Å². The van der Waals surface area contributed by atoms with Crippen LogP contribution < -0.4 is 4.74 Å². The summed E-state index contributed by atoms with van der Waals surface area (Å²) >= 11 is 6.59. The Bertz CT molecular complexity index is 1120. The zero-order valence-corrected chi connectivity index (χ0v) is 17.3. The third-order valence-electron chi connectivity index (χ3n) is 4.58. The average Bonchev–Trinajstić information content (AvgIpc) is 3.01. The zero-order valence-electron chi connectivity index (χ0n) is 15.7. The molecule has 1 fully saturated rings. The molecule has 0 saturated carbocycles. The first-order valence-electron chi connectivity index (χ1n) is 9.21. The molecule has 0 atom stereocenters. The number of carbonyl (C=O) groups excluding carboxylic acids is 1. The average molecular weight is 418 g/mol. The molecule has 3 aromatic carbocycles. The molecule has 0 radical (unpaired) electrons. The Morgan fingerprint density at radius 1 is 1.03 bits per heavy atom. The van der Waals surface area contributed by atoms with Crippen molar-refractivity contribution in [3.63, 3.8) is 0 Å². The highest BCUT2D eigenvalue weighted by atomic mass is 32.2. The standard InChI is InChI=1S/C24H19NO2S2/c1-2-13-25-23(26)22(29-24(25)28)15-17-8-11-21(12-9-17)27-16-18-7-10-19-5-3-4-6-20(19)14-18/h2-12,14-15H,1,13,16H2/b22-15+. The van der Waals surface area contributed by atoms with Gasteiger partial charge in [0, 0.05) is 6.54 Å². The Balaban J connectivity index is 1.42. The topological polar surface area (TPSA) is 29.5 Å². The van der Waals surface area contributed by atoms with E-state index in [1.165, 1.54) is 22.5 Å². The fourth-order valence-electron chi connectivity index (χ4n) is 3.09. The lowest BCUT2D eigenvalue weighted by molar-refractivity contribution is -0.121. The summed E-state index contributed by atoms with van der Waals surface area (Å²) in [5, 5.41) is 2.43. The van der Waals surface area contributed by atoms with Crippen LogP contribution in [0.15, 0.2) is 84.3 Å². The third-order valence-corrected chi connectivity index (χ3v) is 5.96. The van der Waals surface area contributed by atoms with Crippen LogP contribution in [-0.2, 0) is 11.4 Å². The molecular weight excluding hydrogens is 398 g/mol. The molecule has 0 N–H and O–H groups in total. The van der Waals surface area contributed by atoms with Gasteiger partial charge in [0.2, 0.25) is 0 Å². The molecule has 1 aliphatic rings. The summed E-state index contributed by atoms with van der Waals surface area (Å²) in [6.07, 6.45) is 3.53. The number of fused-ring (bicyclic) bond motifs is 1. The molecule has 0 aromatic heterocycles. The van der Waals surface area contributed by atoms with E-state index in [1.54, 1.807) is 11.0 Å². The molecule has 0 bridgehead atoms. The minimum Gasteiger partial charge on any atom is -0.489 e. The second-order valence-electron chi connectivity index (χ2n) is 6.62. The van der Waals surface area contributed by atoms with Crippen LogP contribution in [0.25, 0.3) is 16.8 Å². The smallest absolute Gasteiger partial charge is 0.266 e. The van der Waals surface area contributed by atoms with Gasteiger partial charge in [-0.3, -0.25) is 9.69 Å². The van der Waals surface area contributed by atoms with Gasteiger partial charge in [-0.05, 0) is 46.2 Å². The van der Waals surface area contributed by atoms with Gasteiger partial charge in [0.25, 0.3) is 5.91 Å². The largest absolute Gasteiger partial charge is 0.489 e. The van der Waals surface area contributed by atoms with Gasteiger partial charge in [-0.2, -0.15) is 0 Å². The maximum atomic E-state index is 12.4. The maximum absolute atomic E-state index is 12.4. The van der Waals surface area contributed by atoms with Crippen molar-refractivity contribution in [1.82, 2.24) is 4.90 Å². The van der Waals surface area contributed by atoms with Crippen LogP contribution in [0.5, 0.6) is 5.75 Å².